The molecule has 1 aromatic heterocycles. The highest BCUT2D eigenvalue weighted by molar-refractivity contribution is 5.09. The minimum Gasteiger partial charge on any atom is -0.388 e. The van der Waals surface area contributed by atoms with Gasteiger partial charge in [0.2, 0.25) is 6.30 Å². The molecule has 0 radical (unpaired) electrons. The van der Waals surface area contributed by atoms with Crippen LogP contribution in [0.15, 0.2) is 15.8 Å². The Bertz CT molecular complexity index is 743. The number of nitrogens with one attached hydrogen (secondary N) is 1. The molecule has 4 atom stereocenters. The molecule has 1 aromatic rings. The van der Waals surface area contributed by atoms with E-state index in [1.54, 1.807) is 0 Å². The van der Waals surface area contributed by atoms with Gasteiger partial charge in [-0.05, 0) is 13.8 Å². The van der Waals surface area contributed by atoms with Crippen molar-refractivity contribution in [2.45, 2.75) is 50.4 Å². The molecule has 12 heteroatoms. The van der Waals surface area contributed by atoms with Gasteiger partial charge in [-0.3, -0.25) is 14.3 Å². The van der Waals surface area contributed by atoms with Gasteiger partial charge in [0, 0.05) is 6.20 Å². The maximum Gasteiger partial charge on any atom is 0.423 e. The maximum absolute atomic E-state index is 14.5. The van der Waals surface area contributed by atoms with Crippen LogP contribution in [0, 0.1) is 0 Å². The monoisotopic (exact) mass is 372 g/mol. The normalized spacial score (nSPS) is 26.2. The second-order valence-electron chi connectivity index (χ2n) is 5.93. The summed E-state index contributed by atoms with van der Waals surface area (Å²) in [6, 6.07) is 0. The van der Waals surface area contributed by atoms with Crippen molar-refractivity contribution in [3.63, 3.8) is 0 Å². The molecule has 0 bridgehead atoms. The molecule has 1 fully saturated rings. The fourth-order valence-corrected chi connectivity index (χ4v) is 2.31. The second kappa shape index (κ2) is 6.52. The van der Waals surface area contributed by atoms with Crippen LogP contribution < -0.4 is 11.2 Å². The summed E-state index contributed by atoms with van der Waals surface area (Å²) in [5.41, 5.74) is -5.04. The number of halogens is 4. The maximum atomic E-state index is 14.5. The molecule has 8 nitrogen and oxygen atoms in total. The van der Waals surface area contributed by atoms with Crippen LogP contribution in [0.2, 0.25) is 0 Å². The SMILES string of the molecule is CC1(C)OC[C@@H](O)[C@H]([C@@H](O)[C@@H](F)n2cc(C(F)(F)F)c(=O)[nH]c2=O)O1. The standard InChI is InChI=1S/C13H16F4N2O6/c1-12(2)24-4-6(20)8(25-12)7(21)9(14)19-3-5(13(15,16)17)10(22)18-11(19)23/h3,6-9,20-21H,4H2,1-2H3,(H,18,22,23)/t6-,7-,8-,9+/m1/s1. The van der Waals surface area contributed by atoms with Crippen LogP contribution in [0.5, 0.6) is 0 Å². The third-order valence-electron chi connectivity index (χ3n) is 3.56. The predicted molar refractivity (Wildman–Crippen MR) is 73.4 cm³/mol. The van der Waals surface area contributed by atoms with Crippen molar-refractivity contribution in [3.05, 3.63) is 32.6 Å². The molecule has 0 spiro atoms. The van der Waals surface area contributed by atoms with Crippen LogP contribution >= 0.6 is 0 Å². The molecule has 1 saturated heterocycles. The van der Waals surface area contributed by atoms with Crippen molar-refractivity contribution in [3.8, 4) is 0 Å². The van der Waals surface area contributed by atoms with E-state index in [4.69, 9.17) is 9.47 Å². The summed E-state index contributed by atoms with van der Waals surface area (Å²) in [6.45, 7) is 2.51. The van der Waals surface area contributed by atoms with E-state index in [-0.39, 0.29) is 17.4 Å². The van der Waals surface area contributed by atoms with E-state index < -0.39 is 53.4 Å². The smallest absolute Gasteiger partial charge is 0.388 e. The first-order chi connectivity index (χ1) is 11.3. The van der Waals surface area contributed by atoms with Crippen molar-refractivity contribution in [1.82, 2.24) is 9.55 Å². The van der Waals surface area contributed by atoms with Crippen molar-refractivity contribution in [2.24, 2.45) is 0 Å². The van der Waals surface area contributed by atoms with E-state index in [1.807, 2.05) is 0 Å². The van der Waals surface area contributed by atoms with Gasteiger partial charge >= 0.3 is 11.9 Å². The molecule has 2 heterocycles. The molecule has 0 aromatic carbocycles. The number of nitrogens with zero attached hydrogens (tertiary/aromatic N) is 1. The minimum atomic E-state index is -5.13. The summed E-state index contributed by atoms with van der Waals surface area (Å²) in [7, 11) is 0. The van der Waals surface area contributed by atoms with Crippen molar-refractivity contribution >= 4 is 0 Å². The Balaban J connectivity index is 2.38. The summed E-state index contributed by atoms with van der Waals surface area (Å²) in [6.07, 6.45) is -13.2. The third kappa shape index (κ3) is 4.08. The highest BCUT2D eigenvalue weighted by atomic mass is 19.4. The summed E-state index contributed by atoms with van der Waals surface area (Å²) in [5.74, 6) is -1.29. The van der Waals surface area contributed by atoms with E-state index in [9.17, 15) is 37.4 Å². The molecule has 142 valence electrons. The number of aromatic amines is 1. The van der Waals surface area contributed by atoms with Crippen LogP contribution in [0.4, 0.5) is 17.6 Å². The number of alkyl halides is 4. The van der Waals surface area contributed by atoms with E-state index in [2.05, 4.69) is 0 Å². The molecule has 0 aliphatic carbocycles. The predicted octanol–water partition coefficient (Wildman–Crippen LogP) is -0.103. The Morgan fingerprint density at radius 2 is 2.00 bits per heavy atom. The zero-order valence-corrected chi connectivity index (χ0v) is 13.1. The Hall–Kier alpha value is -1.76. The Morgan fingerprint density at radius 1 is 1.40 bits per heavy atom. The number of rotatable bonds is 3. The summed E-state index contributed by atoms with van der Waals surface area (Å²) >= 11 is 0. The first-order valence-electron chi connectivity index (χ1n) is 7.08. The van der Waals surface area contributed by atoms with E-state index in [0.717, 1.165) is 0 Å². The van der Waals surface area contributed by atoms with Gasteiger partial charge in [-0.2, -0.15) is 13.2 Å². The summed E-state index contributed by atoms with van der Waals surface area (Å²) in [4.78, 5) is 24.2. The number of aliphatic hydroxyl groups excluding tert-OH is 2. The van der Waals surface area contributed by atoms with Crippen molar-refractivity contribution in [1.29, 1.82) is 0 Å². The average Bonchev–Trinajstić information content (AvgIpc) is 2.47. The highest BCUT2D eigenvalue weighted by Crippen LogP contribution is 2.30. The van der Waals surface area contributed by atoms with E-state index >= 15 is 0 Å². The molecule has 1 aliphatic rings. The topological polar surface area (TPSA) is 114 Å². The van der Waals surface area contributed by atoms with Crippen molar-refractivity contribution in [2.75, 3.05) is 6.61 Å². The van der Waals surface area contributed by atoms with Crippen LogP contribution in [-0.4, -0.2) is 50.5 Å². The fraction of sp³-hybridized carbons (Fsp3) is 0.692. The van der Waals surface area contributed by atoms with Gasteiger partial charge in [0.05, 0.1) is 6.61 Å². The number of H-pyrrole nitrogens is 1. The first-order valence-corrected chi connectivity index (χ1v) is 7.08. The zero-order valence-electron chi connectivity index (χ0n) is 13.1. The molecular weight excluding hydrogens is 356 g/mol. The average molecular weight is 372 g/mol. The number of aromatic nitrogens is 2. The molecular formula is C13H16F4N2O6. The molecule has 0 unspecified atom stereocenters. The van der Waals surface area contributed by atoms with Gasteiger partial charge in [0.25, 0.3) is 5.56 Å². The molecule has 2 rings (SSSR count). The summed E-state index contributed by atoms with van der Waals surface area (Å²) < 4.78 is 62.9. The zero-order chi connectivity index (χ0) is 19.2. The van der Waals surface area contributed by atoms with Gasteiger partial charge in [-0.25, -0.2) is 9.18 Å². The van der Waals surface area contributed by atoms with E-state index in [0.29, 0.717) is 0 Å². The second-order valence-corrected chi connectivity index (χ2v) is 5.93. The Morgan fingerprint density at radius 3 is 2.56 bits per heavy atom. The van der Waals surface area contributed by atoms with Crippen LogP contribution in [0.25, 0.3) is 0 Å². The lowest BCUT2D eigenvalue weighted by atomic mass is 10.1. The Kier molecular flexibility index (Phi) is 5.10. The minimum absolute atomic E-state index is 0.0358. The molecule has 1 aliphatic heterocycles. The van der Waals surface area contributed by atoms with Gasteiger partial charge in [-0.15, -0.1) is 0 Å². The lowest BCUT2D eigenvalue weighted by Crippen LogP contribution is -2.55. The number of aliphatic hydroxyl groups is 2. The van der Waals surface area contributed by atoms with Gasteiger partial charge < -0.3 is 19.7 Å². The molecule has 3 N–H and O–H groups in total. The number of hydrogen-bond acceptors (Lipinski definition) is 6. The summed E-state index contributed by atoms with van der Waals surface area (Å²) in [5, 5.41) is 19.8. The van der Waals surface area contributed by atoms with Crippen molar-refractivity contribution < 1.29 is 37.2 Å². The van der Waals surface area contributed by atoms with Gasteiger partial charge in [0.15, 0.2) is 5.79 Å². The van der Waals surface area contributed by atoms with Crippen LogP contribution in [0.1, 0.15) is 25.7 Å². The first kappa shape index (κ1) is 19.6. The third-order valence-corrected chi connectivity index (χ3v) is 3.56. The number of ether oxygens (including phenoxy) is 2. The largest absolute Gasteiger partial charge is 0.423 e. The quantitative estimate of drug-likeness (QED) is 0.639. The lowest BCUT2D eigenvalue weighted by Gasteiger charge is -2.41. The Labute approximate surface area is 137 Å². The highest BCUT2D eigenvalue weighted by Gasteiger charge is 2.44. The molecule has 25 heavy (non-hydrogen) atoms. The van der Waals surface area contributed by atoms with E-state index in [1.165, 1.54) is 18.8 Å². The van der Waals surface area contributed by atoms with Gasteiger partial charge in [0.1, 0.15) is 23.9 Å². The van der Waals surface area contributed by atoms with Crippen LogP contribution in [0.3, 0.4) is 0 Å². The van der Waals surface area contributed by atoms with Gasteiger partial charge in [-0.1, -0.05) is 0 Å². The lowest BCUT2D eigenvalue weighted by molar-refractivity contribution is -0.324. The fourth-order valence-electron chi connectivity index (χ4n) is 2.31. The molecule has 0 amide bonds. The molecule has 0 saturated carbocycles. The van der Waals surface area contributed by atoms with Crippen LogP contribution in [-0.2, 0) is 15.7 Å². The number of hydrogen-bond donors (Lipinski definition) is 3.